The van der Waals surface area contributed by atoms with Crippen LogP contribution in [0.4, 0.5) is 11.4 Å². The Morgan fingerprint density at radius 2 is 1.89 bits per heavy atom. The molecule has 18 heavy (non-hydrogen) atoms. The highest BCUT2D eigenvalue weighted by Crippen LogP contribution is 2.32. The van der Waals surface area contributed by atoms with E-state index in [-0.39, 0.29) is 0 Å². The summed E-state index contributed by atoms with van der Waals surface area (Å²) in [5, 5.41) is 3.32. The van der Waals surface area contributed by atoms with Gasteiger partial charge in [-0.1, -0.05) is 17.7 Å². The molecule has 1 saturated heterocycles. The fourth-order valence-electron chi connectivity index (χ4n) is 2.68. The van der Waals surface area contributed by atoms with Crippen LogP contribution in [0.2, 0.25) is 0 Å². The average Bonchev–Trinajstić information content (AvgIpc) is 2.31. The Morgan fingerprint density at radius 3 is 2.56 bits per heavy atom. The van der Waals surface area contributed by atoms with Gasteiger partial charge in [-0.15, -0.1) is 0 Å². The second-order valence-electron chi connectivity index (χ2n) is 5.32. The molecule has 0 aromatic heterocycles. The molecule has 1 N–H and O–H groups in total. The Morgan fingerprint density at radius 1 is 1.17 bits per heavy atom. The molecule has 1 aromatic carbocycles. The molecule has 0 unspecified atom stereocenters. The highest BCUT2D eigenvalue weighted by Gasteiger charge is 2.21. The van der Waals surface area contributed by atoms with Gasteiger partial charge in [-0.05, 0) is 24.6 Å². The quantitative estimate of drug-likeness (QED) is 0.800. The summed E-state index contributed by atoms with van der Waals surface area (Å²) < 4.78 is 0. The third-order valence-electron chi connectivity index (χ3n) is 4.05. The maximum Gasteiger partial charge on any atom is 0.0607 e. The monoisotopic (exact) mass is 243 g/mol. The van der Waals surface area contributed by atoms with Crippen molar-refractivity contribution < 1.29 is 0 Å². The molecule has 0 atom stereocenters. The topological polar surface area (TPSA) is 18.5 Å². The Kier molecular flexibility index (Phi) is 3.00. The van der Waals surface area contributed by atoms with E-state index in [1.165, 1.54) is 16.9 Å². The van der Waals surface area contributed by atoms with Crippen LogP contribution >= 0.6 is 0 Å². The van der Waals surface area contributed by atoms with Gasteiger partial charge in [-0.3, -0.25) is 0 Å². The molecule has 3 rings (SSSR count). The van der Waals surface area contributed by atoms with Crippen molar-refractivity contribution in [2.45, 2.75) is 6.92 Å². The maximum atomic E-state index is 3.32. The van der Waals surface area contributed by atoms with Crippen LogP contribution in [0.15, 0.2) is 35.4 Å². The van der Waals surface area contributed by atoms with Crippen LogP contribution in [0.25, 0.3) is 0 Å². The van der Waals surface area contributed by atoms with Gasteiger partial charge in [0.15, 0.2) is 0 Å². The first-order valence-corrected chi connectivity index (χ1v) is 6.69. The van der Waals surface area contributed by atoms with Crippen molar-refractivity contribution in [3.05, 3.63) is 35.4 Å². The minimum atomic E-state index is 1.07. The summed E-state index contributed by atoms with van der Waals surface area (Å²) in [6.07, 6.45) is 0. The van der Waals surface area contributed by atoms with Gasteiger partial charge in [-0.25, -0.2) is 0 Å². The normalized spacial score (nSPS) is 18.4. The minimum absolute atomic E-state index is 1.07. The van der Waals surface area contributed by atoms with Gasteiger partial charge in [0.2, 0.25) is 0 Å². The van der Waals surface area contributed by atoms with E-state index in [9.17, 15) is 0 Å². The van der Waals surface area contributed by atoms with Crippen molar-refractivity contribution in [3.8, 4) is 0 Å². The molecule has 2 aliphatic heterocycles. The van der Waals surface area contributed by atoms with E-state index in [0.29, 0.717) is 0 Å². The summed E-state index contributed by atoms with van der Waals surface area (Å²) in [7, 11) is 2.18. The van der Waals surface area contributed by atoms with Crippen molar-refractivity contribution in [3.63, 3.8) is 0 Å². The minimum Gasteiger partial charge on any atom is -0.371 e. The molecule has 0 spiro atoms. The smallest absolute Gasteiger partial charge is 0.0607 e. The van der Waals surface area contributed by atoms with Crippen LogP contribution in [0.3, 0.4) is 0 Å². The standard InChI is InChI=1S/C15H21N3/c1-12(13-9-16-10-13)11-18-8-7-17(2)14-5-3-4-6-15(14)18/h3-6,16H,7-11H2,1-2H3. The molecule has 2 aliphatic rings. The summed E-state index contributed by atoms with van der Waals surface area (Å²) in [5.74, 6) is 0. The van der Waals surface area contributed by atoms with Gasteiger partial charge in [0.1, 0.15) is 0 Å². The molecular weight excluding hydrogens is 222 g/mol. The van der Waals surface area contributed by atoms with Crippen molar-refractivity contribution in [2.24, 2.45) is 0 Å². The predicted octanol–water partition coefficient (Wildman–Crippen LogP) is 1.86. The van der Waals surface area contributed by atoms with E-state index >= 15 is 0 Å². The number of hydrogen-bond acceptors (Lipinski definition) is 3. The number of fused-ring (bicyclic) bond motifs is 1. The molecule has 0 radical (unpaired) electrons. The predicted molar refractivity (Wildman–Crippen MR) is 77.5 cm³/mol. The number of anilines is 2. The SMILES string of the molecule is CC(CN1CCN(C)c2ccccc21)=C1CNC1. The fourth-order valence-corrected chi connectivity index (χ4v) is 2.68. The lowest BCUT2D eigenvalue weighted by Gasteiger charge is -2.38. The summed E-state index contributed by atoms with van der Waals surface area (Å²) >= 11 is 0. The Balaban J connectivity index is 1.84. The Bertz CT molecular complexity index is 472. The lowest BCUT2D eigenvalue weighted by molar-refractivity contribution is 0.649. The highest BCUT2D eigenvalue weighted by atomic mass is 15.2. The molecule has 3 heteroatoms. The molecular formula is C15H21N3. The lowest BCUT2D eigenvalue weighted by Crippen LogP contribution is -2.41. The molecule has 0 saturated carbocycles. The van der Waals surface area contributed by atoms with Gasteiger partial charge >= 0.3 is 0 Å². The number of likely N-dealkylation sites (N-methyl/N-ethyl adjacent to an activating group) is 1. The second kappa shape index (κ2) is 4.65. The van der Waals surface area contributed by atoms with Crippen molar-refractivity contribution in [1.29, 1.82) is 0 Å². The summed E-state index contributed by atoms with van der Waals surface area (Å²) in [4.78, 5) is 4.86. The van der Waals surface area contributed by atoms with Gasteiger partial charge in [0.25, 0.3) is 0 Å². The molecule has 3 nitrogen and oxygen atoms in total. The number of rotatable bonds is 2. The number of nitrogens with zero attached hydrogens (tertiary/aromatic N) is 2. The Labute approximate surface area is 109 Å². The first kappa shape index (κ1) is 11.6. The molecule has 0 amide bonds. The van der Waals surface area contributed by atoms with Gasteiger partial charge in [-0.2, -0.15) is 0 Å². The zero-order valence-electron chi connectivity index (χ0n) is 11.2. The number of nitrogens with one attached hydrogen (secondary N) is 1. The Hall–Kier alpha value is -1.48. The lowest BCUT2D eigenvalue weighted by atomic mass is 10.0. The van der Waals surface area contributed by atoms with Crippen LogP contribution in [0.5, 0.6) is 0 Å². The summed E-state index contributed by atoms with van der Waals surface area (Å²) in [6, 6.07) is 8.72. The van der Waals surface area contributed by atoms with Crippen LogP contribution < -0.4 is 15.1 Å². The van der Waals surface area contributed by atoms with E-state index in [4.69, 9.17) is 0 Å². The highest BCUT2D eigenvalue weighted by molar-refractivity contribution is 5.73. The van der Waals surface area contributed by atoms with Crippen LogP contribution in [0.1, 0.15) is 6.92 Å². The van der Waals surface area contributed by atoms with Crippen molar-refractivity contribution in [1.82, 2.24) is 5.32 Å². The van der Waals surface area contributed by atoms with Crippen molar-refractivity contribution in [2.75, 3.05) is 49.6 Å². The van der Waals surface area contributed by atoms with Gasteiger partial charge < -0.3 is 15.1 Å². The molecule has 2 heterocycles. The molecule has 96 valence electrons. The number of hydrogen-bond donors (Lipinski definition) is 1. The van der Waals surface area contributed by atoms with Crippen LogP contribution in [0, 0.1) is 0 Å². The van der Waals surface area contributed by atoms with Crippen LogP contribution in [-0.2, 0) is 0 Å². The molecule has 1 aromatic rings. The third-order valence-corrected chi connectivity index (χ3v) is 4.05. The summed E-state index contributed by atoms with van der Waals surface area (Å²) in [5.41, 5.74) is 5.85. The number of para-hydroxylation sites is 2. The van der Waals surface area contributed by atoms with Crippen molar-refractivity contribution >= 4 is 11.4 Å². The maximum absolute atomic E-state index is 3.32. The molecule has 0 bridgehead atoms. The fraction of sp³-hybridized carbons (Fsp3) is 0.467. The van der Waals surface area contributed by atoms with E-state index in [1.54, 1.807) is 5.57 Å². The third kappa shape index (κ3) is 1.99. The second-order valence-corrected chi connectivity index (χ2v) is 5.32. The molecule has 1 fully saturated rings. The van der Waals surface area contributed by atoms with E-state index in [0.717, 1.165) is 32.7 Å². The summed E-state index contributed by atoms with van der Waals surface area (Å²) in [6.45, 7) is 7.74. The zero-order chi connectivity index (χ0) is 12.5. The van der Waals surface area contributed by atoms with Crippen LogP contribution in [-0.4, -0.2) is 39.8 Å². The molecule has 0 aliphatic carbocycles. The van der Waals surface area contributed by atoms with Gasteiger partial charge in [0, 0.05) is 39.8 Å². The van der Waals surface area contributed by atoms with E-state index in [1.807, 2.05) is 0 Å². The van der Waals surface area contributed by atoms with E-state index < -0.39 is 0 Å². The zero-order valence-corrected chi connectivity index (χ0v) is 11.2. The first-order chi connectivity index (χ1) is 8.75. The first-order valence-electron chi connectivity index (χ1n) is 6.69. The van der Waals surface area contributed by atoms with E-state index in [2.05, 4.69) is 53.4 Å². The van der Waals surface area contributed by atoms with Gasteiger partial charge in [0.05, 0.1) is 11.4 Å². The average molecular weight is 243 g/mol. The largest absolute Gasteiger partial charge is 0.371 e. The number of benzene rings is 1.